The average Bonchev–Trinajstić information content (AvgIpc) is 3.90. The van der Waals surface area contributed by atoms with Crippen molar-refractivity contribution in [2.75, 3.05) is 0 Å². The Labute approximate surface area is 346 Å². The SMILES string of the molecule is [2H]c1cc([2H])c2c(c1[2H])c1c([2H])c([2H])cc([2H])c1n2-c1ccc(-c2cccc3c2sc2ccccc23)cc1-c1nc(-c2ccccc2)nc(-c2cc3ccccc3c3ccccc23)n1. The zero-order chi connectivity index (χ0) is 43.4. The van der Waals surface area contributed by atoms with E-state index in [9.17, 15) is 2.74 Å². The molecular formula is C53H32N4S. The summed E-state index contributed by atoms with van der Waals surface area (Å²) in [4.78, 5) is 15.8. The lowest BCUT2D eigenvalue weighted by Crippen LogP contribution is -2.04. The van der Waals surface area contributed by atoms with Crippen LogP contribution in [0.2, 0.25) is 0 Å². The maximum Gasteiger partial charge on any atom is 0.166 e. The molecule has 0 radical (unpaired) electrons. The van der Waals surface area contributed by atoms with Crippen LogP contribution in [0.25, 0.3) is 115 Å². The number of hydrogen-bond acceptors (Lipinski definition) is 4. The molecule has 12 aromatic rings. The van der Waals surface area contributed by atoms with Crippen LogP contribution in [-0.4, -0.2) is 19.5 Å². The van der Waals surface area contributed by atoms with Gasteiger partial charge in [0.2, 0.25) is 0 Å². The van der Waals surface area contributed by atoms with E-state index >= 15 is 0 Å². The van der Waals surface area contributed by atoms with Crippen LogP contribution in [0, 0.1) is 0 Å². The highest BCUT2D eigenvalue weighted by Gasteiger charge is 2.22. The van der Waals surface area contributed by atoms with E-state index in [2.05, 4.69) is 72.8 Å². The van der Waals surface area contributed by atoms with Gasteiger partial charge in [-0.3, -0.25) is 0 Å². The van der Waals surface area contributed by atoms with Gasteiger partial charge in [-0.05, 0) is 69.0 Å². The van der Waals surface area contributed by atoms with Crippen molar-refractivity contribution < 1.29 is 8.22 Å². The van der Waals surface area contributed by atoms with E-state index in [1.54, 1.807) is 15.9 Å². The van der Waals surface area contributed by atoms with Gasteiger partial charge >= 0.3 is 0 Å². The molecule has 270 valence electrons. The summed E-state index contributed by atoms with van der Waals surface area (Å²) in [6.45, 7) is 0. The van der Waals surface area contributed by atoms with Gasteiger partial charge in [0.25, 0.3) is 0 Å². The first kappa shape index (κ1) is 27.2. The summed E-state index contributed by atoms with van der Waals surface area (Å²) < 4.78 is 58.2. The third-order valence-corrected chi connectivity index (χ3v) is 12.2. The largest absolute Gasteiger partial charge is 0.309 e. The minimum Gasteiger partial charge on any atom is -0.309 e. The average molecular weight is 763 g/mol. The third-order valence-electron chi connectivity index (χ3n) is 11.0. The molecule has 0 amide bonds. The van der Waals surface area contributed by atoms with Crippen LogP contribution in [0.5, 0.6) is 0 Å². The summed E-state index contributed by atoms with van der Waals surface area (Å²) in [5.41, 5.74) is 5.07. The predicted octanol–water partition coefficient (Wildman–Crippen LogP) is 14.3. The van der Waals surface area contributed by atoms with E-state index in [4.69, 9.17) is 20.4 Å². The molecule has 12 rings (SSSR count). The fraction of sp³-hybridized carbons (Fsp3) is 0. The van der Waals surface area contributed by atoms with Crippen LogP contribution < -0.4 is 0 Å². The number of para-hydroxylation sites is 2. The molecule has 5 heteroatoms. The van der Waals surface area contributed by atoms with E-state index in [0.29, 0.717) is 28.7 Å². The Kier molecular flexibility index (Phi) is 6.12. The highest BCUT2D eigenvalue weighted by Crippen LogP contribution is 2.43. The van der Waals surface area contributed by atoms with Crippen molar-refractivity contribution in [1.29, 1.82) is 0 Å². The van der Waals surface area contributed by atoms with Gasteiger partial charge in [0.15, 0.2) is 17.5 Å². The van der Waals surface area contributed by atoms with Crippen LogP contribution in [0.15, 0.2) is 194 Å². The zero-order valence-corrected chi connectivity index (χ0v) is 31.5. The fourth-order valence-electron chi connectivity index (χ4n) is 8.38. The Hall–Kier alpha value is -7.47. The minimum absolute atomic E-state index is 0.0495. The van der Waals surface area contributed by atoms with Crippen LogP contribution in [-0.2, 0) is 0 Å². The van der Waals surface area contributed by atoms with E-state index in [1.807, 2.05) is 72.8 Å². The van der Waals surface area contributed by atoms with Gasteiger partial charge in [0, 0.05) is 47.6 Å². The number of fused-ring (bicyclic) bond motifs is 9. The topological polar surface area (TPSA) is 43.6 Å². The lowest BCUT2D eigenvalue weighted by molar-refractivity contribution is 1.07. The lowest BCUT2D eigenvalue weighted by atomic mass is 9.96. The molecule has 58 heavy (non-hydrogen) atoms. The first-order valence-corrected chi connectivity index (χ1v) is 19.8. The van der Waals surface area contributed by atoms with Crippen LogP contribution in [0.1, 0.15) is 8.22 Å². The summed E-state index contributed by atoms with van der Waals surface area (Å²) in [6.07, 6.45) is 0. The first-order chi connectivity index (χ1) is 31.2. The Morgan fingerprint density at radius 1 is 0.414 bits per heavy atom. The van der Waals surface area contributed by atoms with Gasteiger partial charge in [-0.25, -0.2) is 15.0 Å². The summed E-state index contributed by atoms with van der Waals surface area (Å²) in [6, 6.07) is 51.0. The molecule has 0 aliphatic carbocycles. The molecule has 4 nitrogen and oxygen atoms in total. The second kappa shape index (κ2) is 13.1. The molecule has 3 aromatic heterocycles. The van der Waals surface area contributed by atoms with Gasteiger partial charge in [0.1, 0.15) is 0 Å². The molecule has 0 aliphatic rings. The van der Waals surface area contributed by atoms with Crippen molar-refractivity contribution in [1.82, 2.24) is 19.5 Å². The van der Waals surface area contributed by atoms with Gasteiger partial charge in [0.05, 0.1) is 24.9 Å². The molecule has 0 saturated carbocycles. The normalized spacial score (nSPS) is 13.2. The number of nitrogens with zero attached hydrogens (tertiary/aromatic N) is 4. The second-order valence-electron chi connectivity index (χ2n) is 14.3. The minimum atomic E-state index is -0.181. The van der Waals surface area contributed by atoms with Crippen molar-refractivity contribution in [2.45, 2.75) is 0 Å². The van der Waals surface area contributed by atoms with E-state index in [-0.39, 0.29) is 58.1 Å². The quantitative estimate of drug-likeness (QED) is 0.164. The molecule has 0 fully saturated rings. The van der Waals surface area contributed by atoms with Gasteiger partial charge in [-0.1, -0.05) is 158 Å². The van der Waals surface area contributed by atoms with Gasteiger partial charge < -0.3 is 4.57 Å². The Balaban J connectivity index is 1.23. The second-order valence-corrected chi connectivity index (χ2v) is 15.3. The molecule has 0 saturated heterocycles. The van der Waals surface area contributed by atoms with Gasteiger partial charge in [-0.2, -0.15) is 0 Å². The summed E-state index contributed by atoms with van der Waals surface area (Å²) in [5.74, 6) is 1.24. The highest BCUT2D eigenvalue weighted by atomic mass is 32.1. The molecule has 3 heterocycles. The lowest BCUT2D eigenvalue weighted by Gasteiger charge is -2.17. The predicted molar refractivity (Wildman–Crippen MR) is 244 cm³/mol. The Morgan fingerprint density at radius 3 is 1.84 bits per heavy atom. The Bertz CT molecular complexity index is 3870. The van der Waals surface area contributed by atoms with Crippen molar-refractivity contribution in [3.05, 3.63) is 194 Å². The Morgan fingerprint density at radius 2 is 1.05 bits per heavy atom. The number of aromatic nitrogens is 4. The molecule has 0 atom stereocenters. The van der Waals surface area contributed by atoms with Crippen molar-refractivity contribution in [3.8, 4) is 51.0 Å². The number of hydrogen-bond donors (Lipinski definition) is 0. The molecule has 0 N–H and O–H groups in total. The van der Waals surface area contributed by atoms with Gasteiger partial charge in [-0.15, -0.1) is 11.3 Å². The van der Waals surface area contributed by atoms with E-state index in [0.717, 1.165) is 53.9 Å². The van der Waals surface area contributed by atoms with E-state index in [1.165, 1.54) is 22.2 Å². The zero-order valence-electron chi connectivity index (χ0n) is 36.7. The smallest absolute Gasteiger partial charge is 0.166 e. The number of benzene rings is 9. The van der Waals surface area contributed by atoms with Crippen molar-refractivity contribution in [3.63, 3.8) is 0 Å². The third kappa shape index (κ3) is 5.11. The number of rotatable bonds is 5. The fourth-order valence-corrected chi connectivity index (χ4v) is 9.62. The van der Waals surface area contributed by atoms with Crippen LogP contribution >= 0.6 is 11.3 Å². The van der Waals surface area contributed by atoms with E-state index < -0.39 is 0 Å². The first-order valence-electron chi connectivity index (χ1n) is 22.0. The standard InChI is InChI=1S/C53H32N4S/c1-2-15-33(16-3-1)51-54-52(44-31-34-17-4-5-18-36(34)38-19-6-7-20-39(38)44)56-53(55-51)45-32-35(37-24-14-25-43-42-23-10-13-28-49(42)58-50(37)43)29-30-48(45)57-46-26-11-8-21-40(46)41-22-9-12-27-47(41)57/h1-32H/i8D,9D,21D,22D,26D,27D. The monoisotopic (exact) mass is 762 g/mol. The maximum absolute atomic E-state index is 9.32. The molecule has 9 aromatic carbocycles. The van der Waals surface area contributed by atoms with Crippen LogP contribution in [0.3, 0.4) is 0 Å². The summed E-state index contributed by atoms with van der Waals surface area (Å²) in [7, 11) is 0. The van der Waals surface area contributed by atoms with Crippen molar-refractivity contribution >= 4 is 74.9 Å². The summed E-state index contributed by atoms with van der Waals surface area (Å²) >= 11 is 1.73. The summed E-state index contributed by atoms with van der Waals surface area (Å²) in [5, 5.41) is 6.86. The molecule has 0 aliphatic heterocycles. The highest BCUT2D eigenvalue weighted by molar-refractivity contribution is 7.26. The van der Waals surface area contributed by atoms with Crippen molar-refractivity contribution in [2.24, 2.45) is 0 Å². The molecule has 0 bridgehead atoms. The maximum atomic E-state index is 9.32. The molecular weight excluding hydrogens is 725 g/mol. The van der Waals surface area contributed by atoms with Crippen LogP contribution in [0.4, 0.5) is 0 Å². The molecule has 0 unspecified atom stereocenters. The molecule has 0 spiro atoms. The number of thiophene rings is 1.